The first-order valence-corrected chi connectivity index (χ1v) is 10.8. The van der Waals surface area contributed by atoms with E-state index in [0.29, 0.717) is 11.9 Å². The molecule has 0 N–H and O–H groups in total. The standard InChI is InChI=1S/C22H24FN3OS/c1-2-26-21(17-10-12-20(13-11-17)27-19-8-3-4-9-19)24-25-22(26)28-15-16-6-5-7-18(23)14-16/h5-7,10-14,19H,2-4,8-9,15H2,1H3. The highest BCUT2D eigenvalue weighted by Gasteiger charge is 2.17. The zero-order valence-electron chi connectivity index (χ0n) is 16.0. The summed E-state index contributed by atoms with van der Waals surface area (Å²) in [6, 6.07) is 14.8. The summed E-state index contributed by atoms with van der Waals surface area (Å²) in [4.78, 5) is 0. The molecule has 0 aliphatic heterocycles. The Bertz CT molecular complexity index is 920. The molecular weight excluding hydrogens is 373 g/mol. The Balaban J connectivity index is 1.47. The SMILES string of the molecule is CCn1c(SCc2cccc(F)c2)nnc1-c1ccc(OC2CCCC2)cc1. The van der Waals surface area contributed by atoms with Gasteiger partial charge in [-0.1, -0.05) is 23.9 Å². The van der Waals surface area contributed by atoms with E-state index in [1.807, 2.05) is 30.3 Å². The molecule has 4 rings (SSSR count). The van der Waals surface area contributed by atoms with Crippen molar-refractivity contribution >= 4 is 11.8 Å². The van der Waals surface area contributed by atoms with Crippen LogP contribution in [0.5, 0.6) is 5.75 Å². The highest BCUT2D eigenvalue weighted by molar-refractivity contribution is 7.98. The average Bonchev–Trinajstić information content (AvgIpc) is 3.36. The van der Waals surface area contributed by atoms with Crippen molar-refractivity contribution in [3.8, 4) is 17.1 Å². The minimum absolute atomic E-state index is 0.212. The van der Waals surface area contributed by atoms with Gasteiger partial charge in [-0.15, -0.1) is 10.2 Å². The van der Waals surface area contributed by atoms with Crippen molar-refractivity contribution in [2.45, 2.75) is 56.2 Å². The quantitative estimate of drug-likeness (QED) is 0.478. The van der Waals surface area contributed by atoms with Crippen LogP contribution in [-0.2, 0) is 12.3 Å². The van der Waals surface area contributed by atoms with Gasteiger partial charge in [-0.2, -0.15) is 0 Å². The Morgan fingerprint density at radius 3 is 2.61 bits per heavy atom. The summed E-state index contributed by atoms with van der Waals surface area (Å²) in [5.41, 5.74) is 1.95. The highest BCUT2D eigenvalue weighted by atomic mass is 32.2. The Morgan fingerprint density at radius 2 is 1.89 bits per heavy atom. The molecule has 2 aromatic carbocycles. The summed E-state index contributed by atoms with van der Waals surface area (Å²) >= 11 is 1.57. The summed E-state index contributed by atoms with van der Waals surface area (Å²) in [5.74, 6) is 2.20. The molecule has 1 heterocycles. The van der Waals surface area contributed by atoms with Gasteiger partial charge < -0.3 is 9.30 Å². The maximum atomic E-state index is 13.4. The van der Waals surface area contributed by atoms with Crippen molar-refractivity contribution in [3.63, 3.8) is 0 Å². The first-order chi connectivity index (χ1) is 13.7. The second-order valence-corrected chi connectivity index (χ2v) is 7.96. The predicted octanol–water partition coefficient (Wildman–Crippen LogP) is 5.72. The Labute approximate surface area is 169 Å². The van der Waals surface area contributed by atoms with Crippen molar-refractivity contribution in [1.82, 2.24) is 14.8 Å². The lowest BCUT2D eigenvalue weighted by Gasteiger charge is -2.13. The monoisotopic (exact) mass is 397 g/mol. The molecule has 1 aromatic heterocycles. The van der Waals surface area contributed by atoms with Gasteiger partial charge in [0.15, 0.2) is 11.0 Å². The molecule has 1 fully saturated rings. The zero-order chi connectivity index (χ0) is 19.3. The van der Waals surface area contributed by atoms with E-state index in [4.69, 9.17) is 4.74 Å². The van der Waals surface area contributed by atoms with Crippen LogP contribution in [0.25, 0.3) is 11.4 Å². The third-order valence-corrected chi connectivity index (χ3v) is 6.05. The third kappa shape index (κ3) is 4.38. The van der Waals surface area contributed by atoms with Crippen molar-refractivity contribution in [1.29, 1.82) is 0 Å². The molecule has 1 aliphatic rings. The minimum atomic E-state index is -0.212. The van der Waals surface area contributed by atoms with Crippen molar-refractivity contribution in [3.05, 3.63) is 59.9 Å². The number of hydrogen-bond donors (Lipinski definition) is 0. The zero-order valence-corrected chi connectivity index (χ0v) is 16.8. The molecule has 1 aliphatic carbocycles. The van der Waals surface area contributed by atoms with Gasteiger partial charge in [-0.05, 0) is 74.6 Å². The molecule has 0 spiro atoms. The normalized spacial score (nSPS) is 14.5. The van der Waals surface area contributed by atoms with E-state index in [0.717, 1.165) is 47.2 Å². The minimum Gasteiger partial charge on any atom is -0.490 e. The summed E-state index contributed by atoms with van der Waals surface area (Å²) < 4.78 is 21.5. The first-order valence-electron chi connectivity index (χ1n) is 9.80. The fourth-order valence-corrected chi connectivity index (χ4v) is 4.50. The molecular formula is C22H24FN3OS. The highest BCUT2D eigenvalue weighted by Crippen LogP contribution is 2.29. The van der Waals surface area contributed by atoms with Gasteiger partial charge >= 0.3 is 0 Å². The average molecular weight is 398 g/mol. The predicted molar refractivity (Wildman–Crippen MR) is 110 cm³/mol. The summed E-state index contributed by atoms with van der Waals surface area (Å²) in [6.07, 6.45) is 5.18. The molecule has 6 heteroatoms. The van der Waals surface area contributed by atoms with Crippen LogP contribution in [0, 0.1) is 5.82 Å². The van der Waals surface area contributed by atoms with Crippen LogP contribution in [-0.4, -0.2) is 20.9 Å². The third-order valence-electron chi connectivity index (χ3n) is 5.01. The lowest BCUT2D eigenvalue weighted by Crippen LogP contribution is -2.10. The molecule has 146 valence electrons. The number of benzene rings is 2. The van der Waals surface area contributed by atoms with Gasteiger partial charge in [0.2, 0.25) is 0 Å². The molecule has 0 unspecified atom stereocenters. The number of halogens is 1. The second-order valence-electron chi connectivity index (χ2n) is 7.02. The first kappa shape index (κ1) is 19.0. The van der Waals surface area contributed by atoms with Crippen LogP contribution < -0.4 is 4.74 Å². The van der Waals surface area contributed by atoms with Crippen molar-refractivity contribution in [2.24, 2.45) is 0 Å². The van der Waals surface area contributed by atoms with E-state index >= 15 is 0 Å². The second kappa shape index (κ2) is 8.78. The fraction of sp³-hybridized carbons (Fsp3) is 0.364. The van der Waals surface area contributed by atoms with Crippen molar-refractivity contribution in [2.75, 3.05) is 0 Å². The van der Waals surface area contributed by atoms with Gasteiger partial charge in [-0.3, -0.25) is 0 Å². The molecule has 0 amide bonds. The van der Waals surface area contributed by atoms with Crippen LogP contribution in [0.1, 0.15) is 38.2 Å². The molecule has 0 saturated heterocycles. The number of ether oxygens (including phenoxy) is 1. The smallest absolute Gasteiger partial charge is 0.191 e. The van der Waals surface area contributed by atoms with E-state index in [2.05, 4.69) is 21.7 Å². The molecule has 1 saturated carbocycles. The largest absolute Gasteiger partial charge is 0.490 e. The summed E-state index contributed by atoms with van der Waals surface area (Å²) in [6.45, 7) is 2.85. The van der Waals surface area contributed by atoms with Crippen molar-refractivity contribution < 1.29 is 9.13 Å². The molecule has 3 aromatic rings. The van der Waals surface area contributed by atoms with Crippen LogP contribution in [0.2, 0.25) is 0 Å². The molecule has 0 bridgehead atoms. The van der Waals surface area contributed by atoms with Gasteiger partial charge in [0.1, 0.15) is 11.6 Å². The topological polar surface area (TPSA) is 39.9 Å². The fourth-order valence-electron chi connectivity index (χ4n) is 3.55. The number of nitrogens with zero attached hydrogens (tertiary/aromatic N) is 3. The number of thioether (sulfide) groups is 1. The molecule has 0 atom stereocenters. The van der Waals surface area contributed by atoms with Crippen LogP contribution in [0.3, 0.4) is 0 Å². The van der Waals surface area contributed by atoms with Crippen LogP contribution in [0.4, 0.5) is 4.39 Å². The number of aromatic nitrogens is 3. The summed E-state index contributed by atoms with van der Waals surface area (Å²) in [5, 5.41) is 9.60. The Hall–Kier alpha value is -2.34. The van der Waals surface area contributed by atoms with Gasteiger partial charge in [0.25, 0.3) is 0 Å². The Kier molecular flexibility index (Phi) is 5.95. The molecule has 4 nitrogen and oxygen atoms in total. The van der Waals surface area contributed by atoms with E-state index in [-0.39, 0.29) is 5.82 Å². The lowest BCUT2D eigenvalue weighted by atomic mass is 10.2. The van der Waals surface area contributed by atoms with Gasteiger partial charge in [0.05, 0.1) is 6.10 Å². The maximum Gasteiger partial charge on any atom is 0.191 e. The van der Waals surface area contributed by atoms with Gasteiger partial charge in [0, 0.05) is 17.9 Å². The van der Waals surface area contributed by atoms with E-state index < -0.39 is 0 Å². The van der Waals surface area contributed by atoms with E-state index in [1.165, 1.54) is 18.9 Å². The van der Waals surface area contributed by atoms with Gasteiger partial charge in [-0.25, -0.2) is 4.39 Å². The molecule has 28 heavy (non-hydrogen) atoms. The molecule has 0 radical (unpaired) electrons. The lowest BCUT2D eigenvalue weighted by molar-refractivity contribution is 0.210. The van der Waals surface area contributed by atoms with Crippen LogP contribution in [0.15, 0.2) is 53.7 Å². The summed E-state index contributed by atoms with van der Waals surface area (Å²) in [7, 11) is 0. The number of rotatable bonds is 7. The van der Waals surface area contributed by atoms with E-state index in [9.17, 15) is 4.39 Å². The van der Waals surface area contributed by atoms with E-state index in [1.54, 1.807) is 23.9 Å². The number of hydrogen-bond acceptors (Lipinski definition) is 4. The Morgan fingerprint density at radius 1 is 1.11 bits per heavy atom. The van der Waals surface area contributed by atoms with Crippen LogP contribution >= 0.6 is 11.8 Å². The maximum absolute atomic E-state index is 13.4.